The summed E-state index contributed by atoms with van der Waals surface area (Å²) in [6.45, 7) is 1.17. The molecule has 1 heterocycles. The van der Waals surface area contributed by atoms with Gasteiger partial charge in [0.15, 0.2) is 9.84 Å². The molecular weight excluding hydrogens is 290 g/mol. The first-order valence-corrected chi connectivity index (χ1v) is 8.67. The Bertz CT molecular complexity index is 581. The van der Waals surface area contributed by atoms with Crippen LogP contribution in [0.15, 0.2) is 36.4 Å². The van der Waals surface area contributed by atoms with Crippen molar-refractivity contribution in [1.29, 1.82) is 0 Å². The number of hydrogen-bond acceptors (Lipinski definition) is 5. The molecule has 1 aromatic carbocycles. The molecule has 0 aliphatic carbocycles. The number of carbonyl (C=O) groups is 1. The van der Waals surface area contributed by atoms with E-state index < -0.39 is 9.84 Å². The van der Waals surface area contributed by atoms with Crippen molar-refractivity contribution < 1.29 is 17.9 Å². The second kappa shape index (κ2) is 7.38. The van der Waals surface area contributed by atoms with Gasteiger partial charge in [0.2, 0.25) is 0 Å². The van der Waals surface area contributed by atoms with Crippen LogP contribution in [0.4, 0.5) is 0 Å². The van der Waals surface area contributed by atoms with Crippen molar-refractivity contribution in [2.24, 2.45) is 0 Å². The maximum atomic E-state index is 11.6. The van der Waals surface area contributed by atoms with Crippen molar-refractivity contribution in [2.75, 3.05) is 37.7 Å². The largest absolute Gasteiger partial charge is 0.460 e. The molecule has 0 atom stereocenters. The molecule has 0 bridgehead atoms. The third-order valence-corrected chi connectivity index (χ3v) is 4.85. The zero-order chi connectivity index (χ0) is 15.1. The normalized spacial score (nSPS) is 18.7. The number of rotatable bonds is 5. The number of carbonyl (C=O) groups excluding carboxylic acids is 1. The highest BCUT2D eigenvalue weighted by molar-refractivity contribution is 7.91. The van der Waals surface area contributed by atoms with Crippen molar-refractivity contribution in [3.05, 3.63) is 42.0 Å². The van der Waals surface area contributed by atoms with E-state index in [0.29, 0.717) is 13.1 Å². The lowest BCUT2D eigenvalue weighted by atomic mass is 10.2. The third-order valence-electron chi connectivity index (χ3n) is 3.24. The summed E-state index contributed by atoms with van der Waals surface area (Å²) in [4.78, 5) is 13.4. The second-order valence-electron chi connectivity index (χ2n) is 4.92. The molecule has 114 valence electrons. The molecule has 1 aliphatic heterocycles. The van der Waals surface area contributed by atoms with Crippen LogP contribution in [-0.2, 0) is 19.4 Å². The Hall–Kier alpha value is -1.66. The second-order valence-corrected chi connectivity index (χ2v) is 7.23. The predicted octanol–water partition coefficient (Wildman–Crippen LogP) is 0.973. The minimum absolute atomic E-state index is 0.119. The van der Waals surface area contributed by atoms with E-state index in [-0.39, 0.29) is 30.6 Å². The average molecular weight is 309 g/mol. The molecule has 1 aromatic rings. The summed E-state index contributed by atoms with van der Waals surface area (Å²) in [6.07, 6.45) is 3.68. The molecule has 1 saturated heterocycles. The maximum Gasteiger partial charge on any atom is 0.320 e. The number of nitrogens with zero attached hydrogens (tertiary/aromatic N) is 1. The molecule has 0 N–H and O–H groups in total. The number of benzene rings is 1. The minimum Gasteiger partial charge on any atom is -0.460 e. The molecule has 6 heteroatoms. The SMILES string of the molecule is O=C(CN1CCS(=O)(=O)CC1)OCC=Cc1ccccc1. The van der Waals surface area contributed by atoms with Gasteiger partial charge in [-0.05, 0) is 11.6 Å². The highest BCUT2D eigenvalue weighted by Crippen LogP contribution is 2.04. The van der Waals surface area contributed by atoms with Crippen LogP contribution in [0.25, 0.3) is 6.08 Å². The molecule has 0 aromatic heterocycles. The van der Waals surface area contributed by atoms with E-state index >= 15 is 0 Å². The van der Waals surface area contributed by atoms with Crippen LogP contribution in [0.2, 0.25) is 0 Å². The molecule has 0 spiro atoms. The Morgan fingerprint density at radius 3 is 2.52 bits per heavy atom. The quantitative estimate of drug-likeness (QED) is 0.759. The summed E-state index contributed by atoms with van der Waals surface area (Å²) in [5.41, 5.74) is 1.05. The van der Waals surface area contributed by atoms with Gasteiger partial charge in [0.1, 0.15) is 6.61 Å². The number of esters is 1. The van der Waals surface area contributed by atoms with Crippen molar-refractivity contribution in [3.63, 3.8) is 0 Å². The molecule has 5 nitrogen and oxygen atoms in total. The van der Waals surface area contributed by atoms with Gasteiger partial charge < -0.3 is 4.74 Å². The molecule has 0 radical (unpaired) electrons. The predicted molar refractivity (Wildman–Crippen MR) is 81.5 cm³/mol. The Morgan fingerprint density at radius 2 is 1.86 bits per heavy atom. The molecule has 0 saturated carbocycles. The number of sulfone groups is 1. The van der Waals surface area contributed by atoms with Crippen LogP contribution in [-0.4, -0.2) is 57.0 Å². The summed E-state index contributed by atoms with van der Waals surface area (Å²) >= 11 is 0. The van der Waals surface area contributed by atoms with Crippen LogP contribution >= 0.6 is 0 Å². The van der Waals surface area contributed by atoms with E-state index in [1.807, 2.05) is 41.3 Å². The first-order chi connectivity index (χ1) is 10.1. The molecule has 2 rings (SSSR count). The van der Waals surface area contributed by atoms with Gasteiger partial charge in [0.25, 0.3) is 0 Å². The summed E-state index contributed by atoms with van der Waals surface area (Å²) in [7, 11) is -2.91. The number of ether oxygens (including phenoxy) is 1. The fourth-order valence-electron chi connectivity index (χ4n) is 2.03. The van der Waals surface area contributed by atoms with E-state index in [1.165, 1.54) is 0 Å². The van der Waals surface area contributed by atoms with Gasteiger partial charge in [0.05, 0.1) is 18.1 Å². The van der Waals surface area contributed by atoms with Crippen molar-refractivity contribution in [2.45, 2.75) is 0 Å². The Labute approximate surface area is 125 Å². The summed E-state index contributed by atoms with van der Waals surface area (Å²) in [5.74, 6) is -0.0884. The van der Waals surface area contributed by atoms with Gasteiger partial charge in [0, 0.05) is 13.1 Å². The molecule has 0 unspecified atom stereocenters. The fraction of sp³-hybridized carbons (Fsp3) is 0.400. The van der Waals surface area contributed by atoms with E-state index in [1.54, 1.807) is 6.08 Å². The monoisotopic (exact) mass is 309 g/mol. The van der Waals surface area contributed by atoms with Gasteiger partial charge in [-0.15, -0.1) is 0 Å². The summed E-state index contributed by atoms with van der Waals surface area (Å²) < 4.78 is 27.7. The Kier molecular flexibility index (Phi) is 5.52. The molecule has 1 aliphatic rings. The van der Waals surface area contributed by atoms with E-state index in [4.69, 9.17) is 4.74 Å². The summed E-state index contributed by atoms with van der Waals surface area (Å²) in [6, 6.07) is 9.75. The lowest BCUT2D eigenvalue weighted by molar-refractivity contribution is -0.143. The maximum absolute atomic E-state index is 11.6. The van der Waals surface area contributed by atoms with Crippen LogP contribution in [0.3, 0.4) is 0 Å². The first-order valence-electron chi connectivity index (χ1n) is 6.85. The molecule has 21 heavy (non-hydrogen) atoms. The fourth-order valence-corrected chi connectivity index (χ4v) is 3.30. The molecular formula is C15H19NO4S. The van der Waals surface area contributed by atoms with Crippen molar-refractivity contribution in [1.82, 2.24) is 4.90 Å². The van der Waals surface area contributed by atoms with Crippen molar-refractivity contribution in [3.8, 4) is 0 Å². The Balaban J connectivity index is 1.67. The van der Waals surface area contributed by atoms with Crippen molar-refractivity contribution >= 4 is 21.9 Å². The minimum atomic E-state index is -2.91. The third kappa shape index (κ3) is 5.69. The first kappa shape index (κ1) is 15.7. The number of hydrogen-bond donors (Lipinski definition) is 0. The topological polar surface area (TPSA) is 63.7 Å². The van der Waals surface area contributed by atoms with Crippen LogP contribution in [0.5, 0.6) is 0 Å². The van der Waals surface area contributed by atoms with Crippen LogP contribution < -0.4 is 0 Å². The summed E-state index contributed by atoms with van der Waals surface area (Å²) in [5, 5.41) is 0. The Morgan fingerprint density at radius 1 is 1.19 bits per heavy atom. The van der Waals surface area contributed by atoms with Gasteiger partial charge in [-0.25, -0.2) is 8.42 Å². The lowest BCUT2D eigenvalue weighted by Crippen LogP contribution is -2.43. The average Bonchev–Trinajstić information content (AvgIpc) is 2.47. The van der Waals surface area contributed by atoms with Gasteiger partial charge in [-0.2, -0.15) is 0 Å². The zero-order valence-electron chi connectivity index (χ0n) is 11.8. The van der Waals surface area contributed by atoms with Crippen LogP contribution in [0, 0.1) is 0 Å². The molecule has 1 fully saturated rings. The lowest BCUT2D eigenvalue weighted by Gasteiger charge is -2.25. The van der Waals surface area contributed by atoms with Crippen LogP contribution in [0.1, 0.15) is 5.56 Å². The molecule has 0 amide bonds. The van der Waals surface area contributed by atoms with E-state index in [2.05, 4.69) is 0 Å². The standard InChI is InChI=1S/C15H19NO4S/c17-15(13-16-8-11-21(18,19)12-9-16)20-10-4-7-14-5-2-1-3-6-14/h1-7H,8-13H2. The smallest absolute Gasteiger partial charge is 0.320 e. The highest BCUT2D eigenvalue weighted by atomic mass is 32.2. The van der Waals surface area contributed by atoms with E-state index in [9.17, 15) is 13.2 Å². The highest BCUT2D eigenvalue weighted by Gasteiger charge is 2.23. The zero-order valence-corrected chi connectivity index (χ0v) is 12.6. The van der Waals surface area contributed by atoms with Gasteiger partial charge in [-0.3, -0.25) is 9.69 Å². The van der Waals surface area contributed by atoms with Gasteiger partial charge in [-0.1, -0.05) is 36.4 Å². The van der Waals surface area contributed by atoms with E-state index in [0.717, 1.165) is 5.56 Å². The van der Waals surface area contributed by atoms with Gasteiger partial charge >= 0.3 is 5.97 Å².